The summed E-state index contributed by atoms with van der Waals surface area (Å²) in [6.07, 6.45) is 4.22. The second kappa shape index (κ2) is 8.26. The number of rotatable bonds is 6. The standard InChI is InChI=1S/C18H27N3O3/c1-18(2,24)17(23)20-15-8-6-14(7-9-15)19-16(22)10-13-21-11-4-3-5-12-21/h6-9,24H,3-5,10-13H2,1-2H3,(H,19,22)(H,20,23). The lowest BCUT2D eigenvalue weighted by atomic mass is 10.1. The zero-order valence-corrected chi connectivity index (χ0v) is 14.5. The molecule has 1 saturated heterocycles. The summed E-state index contributed by atoms with van der Waals surface area (Å²) < 4.78 is 0. The van der Waals surface area contributed by atoms with E-state index in [1.54, 1.807) is 24.3 Å². The van der Waals surface area contributed by atoms with E-state index in [-0.39, 0.29) is 5.91 Å². The molecule has 0 spiro atoms. The highest BCUT2D eigenvalue weighted by atomic mass is 16.3. The number of piperidine rings is 1. The fraction of sp³-hybridized carbons (Fsp3) is 0.556. The second-order valence-corrected chi connectivity index (χ2v) is 6.79. The maximum atomic E-state index is 12.0. The topological polar surface area (TPSA) is 81.7 Å². The maximum absolute atomic E-state index is 12.0. The molecule has 6 heteroatoms. The lowest BCUT2D eigenvalue weighted by Gasteiger charge is -2.25. The molecule has 0 bridgehead atoms. The monoisotopic (exact) mass is 333 g/mol. The zero-order chi connectivity index (χ0) is 17.6. The molecule has 0 saturated carbocycles. The fourth-order valence-electron chi connectivity index (χ4n) is 2.59. The van der Waals surface area contributed by atoms with Gasteiger partial charge in [-0.3, -0.25) is 9.59 Å². The van der Waals surface area contributed by atoms with Crippen LogP contribution in [0.1, 0.15) is 39.5 Å². The van der Waals surface area contributed by atoms with Gasteiger partial charge in [-0.25, -0.2) is 0 Å². The van der Waals surface area contributed by atoms with Gasteiger partial charge in [0, 0.05) is 24.3 Å². The summed E-state index contributed by atoms with van der Waals surface area (Å²) in [4.78, 5) is 26.0. The first-order valence-electron chi connectivity index (χ1n) is 8.51. The average Bonchev–Trinajstić information content (AvgIpc) is 2.55. The highest BCUT2D eigenvalue weighted by molar-refractivity contribution is 5.97. The van der Waals surface area contributed by atoms with Crippen molar-refractivity contribution in [3.8, 4) is 0 Å². The second-order valence-electron chi connectivity index (χ2n) is 6.79. The number of aliphatic hydroxyl groups is 1. The van der Waals surface area contributed by atoms with Crippen molar-refractivity contribution in [2.24, 2.45) is 0 Å². The number of amides is 2. The number of hydrogen-bond donors (Lipinski definition) is 3. The first-order valence-corrected chi connectivity index (χ1v) is 8.51. The van der Waals surface area contributed by atoms with E-state index in [0.29, 0.717) is 17.8 Å². The van der Waals surface area contributed by atoms with E-state index in [9.17, 15) is 14.7 Å². The Hall–Kier alpha value is -1.92. The van der Waals surface area contributed by atoms with Gasteiger partial charge in [-0.05, 0) is 64.0 Å². The summed E-state index contributed by atoms with van der Waals surface area (Å²) in [6, 6.07) is 6.87. The minimum absolute atomic E-state index is 0.00569. The summed E-state index contributed by atoms with van der Waals surface area (Å²) in [5.74, 6) is -0.477. The maximum Gasteiger partial charge on any atom is 0.255 e. The van der Waals surface area contributed by atoms with E-state index >= 15 is 0 Å². The number of likely N-dealkylation sites (tertiary alicyclic amines) is 1. The van der Waals surface area contributed by atoms with Gasteiger partial charge >= 0.3 is 0 Å². The smallest absolute Gasteiger partial charge is 0.255 e. The molecule has 1 aliphatic heterocycles. The van der Waals surface area contributed by atoms with Crippen molar-refractivity contribution >= 4 is 23.2 Å². The van der Waals surface area contributed by atoms with Gasteiger partial charge in [0.1, 0.15) is 5.60 Å². The van der Waals surface area contributed by atoms with Crippen LogP contribution in [0.5, 0.6) is 0 Å². The van der Waals surface area contributed by atoms with Crippen molar-refractivity contribution in [3.05, 3.63) is 24.3 Å². The van der Waals surface area contributed by atoms with E-state index < -0.39 is 11.5 Å². The molecule has 0 radical (unpaired) electrons. The zero-order valence-electron chi connectivity index (χ0n) is 14.5. The molecule has 2 rings (SSSR count). The molecule has 1 aliphatic rings. The number of hydrogen-bond acceptors (Lipinski definition) is 4. The number of benzene rings is 1. The van der Waals surface area contributed by atoms with Crippen molar-refractivity contribution in [1.82, 2.24) is 4.90 Å². The predicted molar refractivity (Wildman–Crippen MR) is 94.9 cm³/mol. The summed E-state index contributed by atoms with van der Waals surface area (Å²) in [5, 5.41) is 15.1. The van der Waals surface area contributed by atoms with Gasteiger partial charge in [-0.1, -0.05) is 6.42 Å². The highest BCUT2D eigenvalue weighted by Crippen LogP contribution is 2.16. The van der Waals surface area contributed by atoms with Crippen LogP contribution in [-0.2, 0) is 9.59 Å². The van der Waals surface area contributed by atoms with E-state index in [1.807, 2.05) is 0 Å². The third kappa shape index (κ3) is 5.94. The summed E-state index contributed by atoms with van der Waals surface area (Å²) in [6.45, 7) is 5.83. The van der Waals surface area contributed by atoms with Crippen LogP contribution in [0.4, 0.5) is 11.4 Å². The Morgan fingerprint density at radius 1 is 1.04 bits per heavy atom. The van der Waals surface area contributed by atoms with Crippen molar-refractivity contribution in [2.75, 3.05) is 30.3 Å². The van der Waals surface area contributed by atoms with Crippen LogP contribution in [0.3, 0.4) is 0 Å². The lowest BCUT2D eigenvalue weighted by Crippen LogP contribution is -2.36. The van der Waals surface area contributed by atoms with Crippen molar-refractivity contribution in [2.45, 2.75) is 45.1 Å². The van der Waals surface area contributed by atoms with Crippen LogP contribution < -0.4 is 10.6 Å². The van der Waals surface area contributed by atoms with Crippen LogP contribution >= 0.6 is 0 Å². The average molecular weight is 333 g/mol. The van der Waals surface area contributed by atoms with Gasteiger partial charge in [0.15, 0.2) is 0 Å². The number of nitrogens with zero attached hydrogens (tertiary/aromatic N) is 1. The summed E-state index contributed by atoms with van der Waals surface area (Å²) >= 11 is 0. The molecule has 1 heterocycles. The normalized spacial score (nSPS) is 15.8. The lowest BCUT2D eigenvalue weighted by molar-refractivity contribution is -0.130. The highest BCUT2D eigenvalue weighted by Gasteiger charge is 2.23. The van der Waals surface area contributed by atoms with E-state index in [2.05, 4.69) is 15.5 Å². The molecule has 1 aromatic carbocycles. The van der Waals surface area contributed by atoms with Crippen LogP contribution in [0, 0.1) is 0 Å². The largest absolute Gasteiger partial charge is 0.381 e. The Bertz CT molecular complexity index is 558. The predicted octanol–water partition coefficient (Wildman–Crippen LogP) is 2.21. The Morgan fingerprint density at radius 2 is 1.58 bits per heavy atom. The van der Waals surface area contributed by atoms with Crippen molar-refractivity contribution < 1.29 is 14.7 Å². The molecule has 3 N–H and O–H groups in total. The van der Waals surface area contributed by atoms with Crippen molar-refractivity contribution in [3.63, 3.8) is 0 Å². The van der Waals surface area contributed by atoms with E-state index in [0.717, 1.165) is 19.6 Å². The van der Waals surface area contributed by atoms with Crippen LogP contribution in [-0.4, -0.2) is 47.1 Å². The Labute approximate surface area is 143 Å². The molecule has 0 atom stereocenters. The Morgan fingerprint density at radius 3 is 2.12 bits per heavy atom. The minimum Gasteiger partial charge on any atom is -0.381 e. The molecule has 24 heavy (non-hydrogen) atoms. The Balaban J connectivity index is 1.78. The number of carbonyl (C=O) groups is 2. The molecule has 0 aliphatic carbocycles. The van der Waals surface area contributed by atoms with E-state index in [1.165, 1.54) is 33.1 Å². The molecule has 1 fully saturated rings. The minimum atomic E-state index is -1.43. The number of anilines is 2. The third-order valence-electron chi connectivity index (χ3n) is 4.09. The fourth-order valence-corrected chi connectivity index (χ4v) is 2.59. The molecule has 132 valence electrons. The molecule has 2 amide bonds. The van der Waals surface area contributed by atoms with E-state index in [4.69, 9.17) is 0 Å². The van der Waals surface area contributed by atoms with Crippen molar-refractivity contribution in [1.29, 1.82) is 0 Å². The Kier molecular flexibility index (Phi) is 6.34. The van der Waals surface area contributed by atoms with Gasteiger partial charge < -0.3 is 20.6 Å². The third-order valence-corrected chi connectivity index (χ3v) is 4.09. The molecule has 0 unspecified atom stereocenters. The quantitative estimate of drug-likeness (QED) is 0.745. The molecular weight excluding hydrogens is 306 g/mol. The first-order chi connectivity index (χ1) is 11.3. The number of nitrogens with one attached hydrogen (secondary N) is 2. The van der Waals surface area contributed by atoms with Gasteiger partial charge in [-0.2, -0.15) is 0 Å². The molecule has 0 aromatic heterocycles. The molecular formula is C18H27N3O3. The van der Waals surface area contributed by atoms with Crippen LogP contribution in [0.15, 0.2) is 24.3 Å². The van der Waals surface area contributed by atoms with Gasteiger partial charge in [0.2, 0.25) is 5.91 Å². The number of carbonyl (C=O) groups excluding carboxylic acids is 2. The molecule has 1 aromatic rings. The summed E-state index contributed by atoms with van der Waals surface area (Å²) in [7, 11) is 0. The SMILES string of the molecule is CC(C)(O)C(=O)Nc1ccc(NC(=O)CCN2CCCCC2)cc1. The van der Waals surface area contributed by atoms with Crippen LogP contribution in [0.2, 0.25) is 0 Å². The van der Waals surface area contributed by atoms with Crippen LogP contribution in [0.25, 0.3) is 0 Å². The molecule has 6 nitrogen and oxygen atoms in total. The summed E-state index contributed by atoms with van der Waals surface area (Å²) in [5.41, 5.74) is -0.158. The van der Waals surface area contributed by atoms with Gasteiger partial charge in [-0.15, -0.1) is 0 Å². The van der Waals surface area contributed by atoms with Gasteiger partial charge in [0.05, 0.1) is 0 Å². The van der Waals surface area contributed by atoms with Gasteiger partial charge in [0.25, 0.3) is 5.91 Å². The first kappa shape index (κ1) is 18.4.